The fourth-order valence-corrected chi connectivity index (χ4v) is 4.55. The maximum absolute atomic E-state index is 11.2. The molecule has 3 heterocycles. The SMILES string of the molecule is COc1cccc(-c2cn3c(CCCS(=O)(=O)O)c(CCl)nc3c(N3CCOCC3)n2)c1. The van der Waals surface area contributed by atoms with Gasteiger partial charge in [-0.25, -0.2) is 9.97 Å². The van der Waals surface area contributed by atoms with Crippen molar-refractivity contribution in [3.63, 3.8) is 0 Å². The molecule has 0 saturated carbocycles. The summed E-state index contributed by atoms with van der Waals surface area (Å²) in [5.74, 6) is 1.30. The van der Waals surface area contributed by atoms with Gasteiger partial charge in [-0.2, -0.15) is 8.42 Å². The summed E-state index contributed by atoms with van der Waals surface area (Å²) in [7, 11) is -2.43. The van der Waals surface area contributed by atoms with Crippen molar-refractivity contribution in [2.24, 2.45) is 0 Å². The highest BCUT2D eigenvalue weighted by atomic mass is 35.5. The molecule has 0 radical (unpaired) electrons. The fourth-order valence-electron chi connectivity index (χ4n) is 3.83. The van der Waals surface area contributed by atoms with Crippen LogP contribution < -0.4 is 9.64 Å². The minimum atomic E-state index is -4.05. The van der Waals surface area contributed by atoms with E-state index in [9.17, 15) is 8.42 Å². The number of ether oxygens (including phenoxy) is 2. The third-order valence-electron chi connectivity index (χ3n) is 5.39. The molecule has 0 atom stereocenters. The van der Waals surface area contributed by atoms with Gasteiger partial charge in [-0.05, 0) is 25.0 Å². The zero-order valence-corrected chi connectivity index (χ0v) is 19.3. The molecule has 32 heavy (non-hydrogen) atoms. The number of nitrogens with zero attached hydrogens (tertiary/aromatic N) is 4. The lowest BCUT2D eigenvalue weighted by molar-refractivity contribution is 0.122. The lowest BCUT2D eigenvalue weighted by atomic mass is 10.1. The molecule has 3 aromatic rings. The Hall–Kier alpha value is -2.40. The molecule has 0 aliphatic carbocycles. The number of alkyl halides is 1. The minimum Gasteiger partial charge on any atom is -0.497 e. The van der Waals surface area contributed by atoms with Gasteiger partial charge < -0.3 is 14.4 Å². The Morgan fingerprint density at radius 1 is 1.25 bits per heavy atom. The summed E-state index contributed by atoms with van der Waals surface area (Å²) in [5, 5.41) is 0. The number of hydrogen-bond acceptors (Lipinski definition) is 7. The quantitative estimate of drug-likeness (QED) is 0.387. The standard InChI is InChI=1S/C21H25ClN4O5S/c1-30-16-5-2-4-15(12-16)18-14-26-19(6-3-11-32(27,28)29)17(13-22)23-21(26)20(24-18)25-7-9-31-10-8-25/h2,4-5,12,14H,3,6-11,13H2,1H3,(H,27,28,29). The predicted molar refractivity (Wildman–Crippen MR) is 122 cm³/mol. The first-order valence-corrected chi connectivity index (χ1v) is 12.4. The Morgan fingerprint density at radius 3 is 2.72 bits per heavy atom. The van der Waals surface area contributed by atoms with Crippen LogP contribution in [0.25, 0.3) is 16.9 Å². The van der Waals surface area contributed by atoms with Crippen molar-refractivity contribution in [1.29, 1.82) is 0 Å². The number of halogens is 1. The number of aromatic nitrogens is 3. The average Bonchev–Trinajstić information content (AvgIpc) is 3.16. The molecule has 1 aliphatic rings. The van der Waals surface area contributed by atoms with Crippen molar-refractivity contribution >= 4 is 33.2 Å². The van der Waals surface area contributed by atoms with Crippen molar-refractivity contribution in [2.75, 3.05) is 44.1 Å². The molecule has 9 nitrogen and oxygen atoms in total. The van der Waals surface area contributed by atoms with E-state index in [2.05, 4.69) is 4.90 Å². The van der Waals surface area contributed by atoms with Gasteiger partial charge in [0.05, 0.1) is 43.3 Å². The smallest absolute Gasteiger partial charge is 0.264 e. The Balaban J connectivity index is 1.85. The summed E-state index contributed by atoms with van der Waals surface area (Å²) < 4.78 is 44.3. The van der Waals surface area contributed by atoms with Crippen LogP contribution >= 0.6 is 11.6 Å². The van der Waals surface area contributed by atoms with Crippen LogP contribution in [0.1, 0.15) is 17.8 Å². The van der Waals surface area contributed by atoms with Crippen molar-refractivity contribution < 1.29 is 22.4 Å². The van der Waals surface area contributed by atoms with E-state index in [1.165, 1.54) is 0 Å². The second-order valence-electron chi connectivity index (χ2n) is 7.50. The number of aryl methyl sites for hydroxylation is 1. The van der Waals surface area contributed by atoms with E-state index < -0.39 is 10.1 Å². The van der Waals surface area contributed by atoms with Crippen LogP contribution in [-0.4, -0.2) is 66.5 Å². The van der Waals surface area contributed by atoms with Crippen LogP contribution in [0.3, 0.4) is 0 Å². The first-order valence-electron chi connectivity index (χ1n) is 10.3. The van der Waals surface area contributed by atoms with Crippen LogP contribution in [0.15, 0.2) is 30.5 Å². The van der Waals surface area contributed by atoms with E-state index in [1.54, 1.807) is 7.11 Å². The lowest BCUT2D eigenvalue weighted by Crippen LogP contribution is -2.37. The predicted octanol–water partition coefficient (Wildman–Crippen LogP) is 2.80. The maximum atomic E-state index is 11.2. The van der Waals surface area contributed by atoms with Crippen LogP contribution in [-0.2, 0) is 27.2 Å². The minimum absolute atomic E-state index is 0.180. The van der Waals surface area contributed by atoms with Gasteiger partial charge in [0, 0.05) is 30.5 Å². The van der Waals surface area contributed by atoms with Crippen LogP contribution in [0.2, 0.25) is 0 Å². The Labute approximate surface area is 191 Å². The molecule has 4 rings (SSSR count). The second kappa shape index (κ2) is 9.62. The number of hydrogen-bond donors (Lipinski definition) is 1. The highest BCUT2D eigenvalue weighted by Crippen LogP contribution is 2.30. The molecule has 1 saturated heterocycles. The largest absolute Gasteiger partial charge is 0.497 e. The summed E-state index contributed by atoms with van der Waals surface area (Å²) in [6, 6.07) is 7.64. The molecule has 1 fully saturated rings. The van der Waals surface area contributed by atoms with E-state index >= 15 is 0 Å². The van der Waals surface area contributed by atoms with Gasteiger partial charge in [0.1, 0.15) is 5.75 Å². The van der Waals surface area contributed by atoms with Crippen LogP contribution in [0.5, 0.6) is 5.75 Å². The molecule has 0 unspecified atom stereocenters. The number of morpholine rings is 1. The first kappa shape index (κ1) is 22.8. The first-order chi connectivity index (χ1) is 15.4. The van der Waals surface area contributed by atoms with Crippen LogP contribution in [0, 0.1) is 0 Å². The molecule has 2 aromatic heterocycles. The zero-order valence-electron chi connectivity index (χ0n) is 17.7. The molecular formula is C21H25ClN4O5S. The molecule has 172 valence electrons. The second-order valence-corrected chi connectivity index (χ2v) is 9.34. The fraction of sp³-hybridized carbons (Fsp3) is 0.429. The lowest BCUT2D eigenvalue weighted by Gasteiger charge is -2.28. The van der Waals surface area contributed by atoms with Gasteiger partial charge in [0.2, 0.25) is 0 Å². The molecule has 0 bridgehead atoms. The van der Waals surface area contributed by atoms with E-state index in [1.807, 2.05) is 34.9 Å². The summed E-state index contributed by atoms with van der Waals surface area (Å²) >= 11 is 6.19. The number of imidazole rings is 1. The van der Waals surface area contributed by atoms with Crippen molar-refractivity contribution in [3.05, 3.63) is 41.9 Å². The van der Waals surface area contributed by atoms with Gasteiger partial charge in [-0.15, -0.1) is 11.6 Å². The highest BCUT2D eigenvalue weighted by molar-refractivity contribution is 7.85. The molecule has 0 amide bonds. The molecule has 1 N–H and O–H groups in total. The number of methoxy groups -OCH3 is 1. The summed E-state index contributed by atoms with van der Waals surface area (Å²) in [5.41, 5.74) is 3.75. The molecule has 1 aliphatic heterocycles. The monoisotopic (exact) mass is 480 g/mol. The summed E-state index contributed by atoms with van der Waals surface area (Å²) in [6.45, 7) is 2.57. The molecule has 0 spiro atoms. The van der Waals surface area contributed by atoms with Gasteiger partial charge >= 0.3 is 0 Å². The Bertz CT molecular complexity index is 1210. The maximum Gasteiger partial charge on any atom is 0.264 e. The number of anilines is 1. The molecule has 1 aromatic carbocycles. The topological polar surface area (TPSA) is 106 Å². The van der Waals surface area contributed by atoms with Gasteiger partial charge in [-0.3, -0.25) is 8.95 Å². The van der Waals surface area contributed by atoms with E-state index in [0.717, 1.165) is 28.5 Å². The highest BCUT2D eigenvalue weighted by Gasteiger charge is 2.22. The van der Waals surface area contributed by atoms with Gasteiger partial charge in [0.15, 0.2) is 11.5 Å². The van der Waals surface area contributed by atoms with E-state index in [0.29, 0.717) is 44.1 Å². The number of rotatable bonds is 8. The Morgan fingerprint density at radius 2 is 2.03 bits per heavy atom. The Kier molecular flexibility index (Phi) is 6.85. The third kappa shape index (κ3) is 4.98. The molecule has 11 heteroatoms. The van der Waals surface area contributed by atoms with Gasteiger partial charge in [0.25, 0.3) is 10.1 Å². The van der Waals surface area contributed by atoms with Crippen molar-refractivity contribution in [1.82, 2.24) is 14.4 Å². The van der Waals surface area contributed by atoms with Crippen molar-refractivity contribution in [2.45, 2.75) is 18.7 Å². The summed E-state index contributed by atoms with van der Waals surface area (Å²) in [6.07, 6.45) is 2.53. The average molecular weight is 481 g/mol. The van der Waals surface area contributed by atoms with Crippen LogP contribution in [0.4, 0.5) is 5.82 Å². The number of fused-ring (bicyclic) bond motifs is 1. The molecular weight excluding hydrogens is 456 g/mol. The van der Waals surface area contributed by atoms with E-state index in [4.69, 9.17) is 35.6 Å². The van der Waals surface area contributed by atoms with E-state index in [-0.39, 0.29) is 18.1 Å². The van der Waals surface area contributed by atoms with Crippen molar-refractivity contribution in [3.8, 4) is 17.0 Å². The normalized spacial score (nSPS) is 14.8. The number of benzene rings is 1. The summed E-state index contributed by atoms with van der Waals surface area (Å²) in [4.78, 5) is 11.8. The third-order valence-corrected chi connectivity index (χ3v) is 6.45. The van der Waals surface area contributed by atoms with Gasteiger partial charge in [-0.1, -0.05) is 12.1 Å². The zero-order chi connectivity index (χ0) is 22.7.